The molecular weight excluding hydrogens is 326 g/mol. The average Bonchev–Trinajstić information content (AvgIpc) is 3.05. The van der Waals surface area contributed by atoms with Crippen LogP contribution in [0.2, 0.25) is 5.02 Å². The highest BCUT2D eigenvalue weighted by Gasteiger charge is 2.15. The normalized spacial score (nSPS) is 10.5. The zero-order valence-corrected chi connectivity index (χ0v) is 14.3. The first-order chi connectivity index (χ1) is 11.1. The van der Waals surface area contributed by atoms with Crippen LogP contribution in [-0.2, 0) is 6.54 Å². The van der Waals surface area contributed by atoms with Gasteiger partial charge in [-0.3, -0.25) is 4.79 Å². The Hall–Kier alpha value is -2.10. The molecule has 2 aromatic carbocycles. The molecule has 1 amide bonds. The largest absolute Gasteiger partial charge is 0.337 e. The van der Waals surface area contributed by atoms with Gasteiger partial charge in [0.2, 0.25) is 0 Å². The van der Waals surface area contributed by atoms with Crippen LogP contribution in [0.15, 0.2) is 66.7 Å². The van der Waals surface area contributed by atoms with Crippen molar-refractivity contribution in [1.29, 1.82) is 0 Å². The SMILES string of the molecule is CN(Cc1ccccc1)C(=O)c1ccc(-c2cccc(Cl)c2)s1. The maximum atomic E-state index is 12.6. The van der Waals surface area contributed by atoms with Crippen molar-refractivity contribution in [3.8, 4) is 10.4 Å². The van der Waals surface area contributed by atoms with E-state index in [1.807, 2.05) is 73.8 Å². The van der Waals surface area contributed by atoms with Gasteiger partial charge in [-0.2, -0.15) is 0 Å². The van der Waals surface area contributed by atoms with Gasteiger partial charge in [0, 0.05) is 23.5 Å². The van der Waals surface area contributed by atoms with Crippen LogP contribution in [0.3, 0.4) is 0 Å². The van der Waals surface area contributed by atoms with Crippen LogP contribution in [0.5, 0.6) is 0 Å². The summed E-state index contributed by atoms with van der Waals surface area (Å²) in [5, 5.41) is 0.699. The summed E-state index contributed by atoms with van der Waals surface area (Å²) in [6.07, 6.45) is 0. The van der Waals surface area contributed by atoms with Crippen molar-refractivity contribution in [1.82, 2.24) is 4.90 Å². The Bertz CT molecular complexity index is 813. The lowest BCUT2D eigenvalue weighted by Gasteiger charge is -2.16. The van der Waals surface area contributed by atoms with Gasteiger partial charge in [0.05, 0.1) is 4.88 Å². The number of rotatable bonds is 4. The van der Waals surface area contributed by atoms with Gasteiger partial charge in [-0.1, -0.05) is 54.1 Å². The molecule has 3 aromatic rings. The fourth-order valence-corrected chi connectivity index (χ4v) is 3.55. The van der Waals surface area contributed by atoms with Gasteiger partial charge >= 0.3 is 0 Å². The molecular formula is C19H16ClNOS. The number of nitrogens with zero attached hydrogens (tertiary/aromatic N) is 1. The molecule has 116 valence electrons. The summed E-state index contributed by atoms with van der Waals surface area (Å²) in [5.41, 5.74) is 2.15. The van der Waals surface area contributed by atoms with Gasteiger partial charge in [0.1, 0.15) is 0 Å². The van der Waals surface area contributed by atoms with E-state index in [9.17, 15) is 4.79 Å². The first kappa shape index (κ1) is 15.8. The topological polar surface area (TPSA) is 20.3 Å². The van der Waals surface area contributed by atoms with Crippen LogP contribution < -0.4 is 0 Å². The molecule has 2 nitrogen and oxygen atoms in total. The van der Waals surface area contributed by atoms with Crippen molar-refractivity contribution in [2.75, 3.05) is 7.05 Å². The van der Waals surface area contributed by atoms with E-state index in [2.05, 4.69) is 0 Å². The Morgan fingerprint density at radius 3 is 2.57 bits per heavy atom. The molecule has 0 aliphatic rings. The average molecular weight is 342 g/mol. The standard InChI is InChI=1S/C19H16ClNOS/c1-21(13-14-6-3-2-4-7-14)19(22)18-11-10-17(23-18)15-8-5-9-16(20)12-15/h2-12H,13H2,1H3. The maximum absolute atomic E-state index is 12.6. The van der Waals surface area contributed by atoms with E-state index in [-0.39, 0.29) is 5.91 Å². The van der Waals surface area contributed by atoms with E-state index in [4.69, 9.17) is 11.6 Å². The van der Waals surface area contributed by atoms with Crippen LogP contribution >= 0.6 is 22.9 Å². The molecule has 3 rings (SSSR count). The third-order valence-corrected chi connectivity index (χ3v) is 4.89. The molecule has 0 aliphatic heterocycles. The van der Waals surface area contributed by atoms with E-state index in [0.29, 0.717) is 11.6 Å². The Morgan fingerprint density at radius 2 is 1.83 bits per heavy atom. The van der Waals surface area contributed by atoms with Gasteiger partial charge in [0.25, 0.3) is 5.91 Å². The third kappa shape index (κ3) is 3.81. The molecule has 0 aliphatic carbocycles. The van der Waals surface area contributed by atoms with Crippen LogP contribution in [0.25, 0.3) is 10.4 Å². The Kier molecular flexibility index (Phi) is 4.79. The monoisotopic (exact) mass is 341 g/mol. The zero-order chi connectivity index (χ0) is 16.2. The van der Waals surface area contributed by atoms with E-state index >= 15 is 0 Å². The number of thiophene rings is 1. The molecule has 0 bridgehead atoms. The molecule has 23 heavy (non-hydrogen) atoms. The summed E-state index contributed by atoms with van der Waals surface area (Å²) in [6, 6.07) is 21.5. The van der Waals surface area contributed by atoms with Crippen molar-refractivity contribution in [2.24, 2.45) is 0 Å². The van der Waals surface area contributed by atoms with E-state index < -0.39 is 0 Å². The Labute approximate surface area is 145 Å². The van der Waals surface area contributed by atoms with Crippen LogP contribution in [0.1, 0.15) is 15.2 Å². The van der Waals surface area contributed by atoms with Gasteiger partial charge in [-0.25, -0.2) is 0 Å². The van der Waals surface area contributed by atoms with Gasteiger partial charge in [-0.15, -0.1) is 11.3 Å². The number of hydrogen-bond donors (Lipinski definition) is 0. The zero-order valence-electron chi connectivity index (χ0n) is 12.7. The van der Waals surface area contributed by atoms with Crippen molar-refractivity contribution < 1.29 is 4.79 Å². The highest BCUT2D eigenvalue weighted by Crippen LogP contribution is 2.30. The second-order valence-corrected chi connectivity index (χ2v) is 6.84. The van der Waals surface area contributed by atoms with Crippen LogP contribution in [0, 0.1) is 0 Å². The predicted molar refractivity (Wildman–Crippen MR) is 97.0 cm³/mol. The number of halogens is 1. The van der Waals surface area contributed by atoms with Crippen LogP contribution in [-0.4, -0.2) is 17.9 Å². The van der Waals surface area contributed by atoms with Crippen LogP contribution in [0.4, 0.5) is 0 Å². The molecule has 0 radical (unpaired) electrons. The third-order valence-electron chi connectivity index (χ3n) is 3.54. The van der Waals surface area contributed by atoms with E-state index in [0.717, 1.165) is 20.9 Å². The lowest BCUT2D eigenvalue weighted by molar-refractivity contribution is 0.0790. The summed E-state index contributed by atoms with van der Waals surface area (Å²) in [4.78, 5) is 16.1. The van der Waals surface area contributed by atoms with Gasteiger partial charge in [-0.05, 0) is 35.4 Å². The molecule has 0 unspecified atom stereocenters. The second kappa shape index (κ2) is 6.99. The smallest absolute Gasteiger partial charge is 0.263 e. The minimum Gasteiger partial charge on any atom is -0.337 e. The first-order valence-corrected chi connectivity index (χ1v) is 8.48. The number of benzene rings is 2. The molecule has 0 fully saturated rings. The van der Waals surface area contributed by atoms with Gasteiger partial charge < -0.3 is 4.90 Å². The van der Waals surface area contributed by atoms with E-state index in [1.165, 1.54) is 11.3 Å². The summed E-state index contributed by atoms with van der Waals surface area (Å²) in [5.74, 6) is 0.0344. The quantitative estimate of drug-likeness (QED) is 0.627. The fraction of sp³-hybridized carbons (Fsp3) is 0.105. The molecule has 1 heterocycles. The highest BCUT2D eigenvalue weighted by atomic mass is 35.5. The minimum absolute atomic E-state index is 0.0344. The summed E-state index contributed by atoms with van der Waals surface area (Å²) >= 11 is 7.53. The summed E-state index contributed by atoms with van der Waals surface area (Å²) in [6.45, 7) is 0.601. The first-order valence-electron chi connectivity index (χ1n) is 7.28. The molecule has 0 N–H and O–H groups in total. The Balaban J connectivity index is 1.76. The minimum atomic E-state index is 0.0344. The van der Waals surface area contributed by atoms with Crippen molar-refractivity contribution in [3.05, 3.63) is 82.2 Å². The molecule has 0 saturated carbocycles. The predicted octanol–water partition coefficient (Wildman–Crippen LogP) is 5.34. The second-order valence-electron chi connectivity index (χ2n) is 5.32. The Morgan fingerprint density at radius 1 is 1.04 bits per heavy atom. The van der Waals surface area contributed by atoms with Crippen molar-refractivity contribution in [2.45, 2.75) is 6.54 Å². The molecule has 0 atom stereocenters. The summed E-state index contributed by atoms with van der Waals surface area (Å²) in [7, 11) is 1.83. The highest BCUT2D eigenvalue weighted by molar-refractivity contribution is 7.17. The number of hydrogen-bond acceptors (Lipinski definition) is 2. The van der Waals surface area contributed by atoms with Crippen molar-refractivity contribution in [3.63, 3.8) is 0 Å². The lowest BCUT2D eigenvalue weighted by Crippen LogP contribution is -2.25. The number of carbonyl (C=O) groups is 1. The van der Waals surface area contributed by atoms with Gasteiger partial charge in [0.15, 0.2) is 0 Å². The lowest BCUT2D eigenvalue weighted by atomic mass is 10.2. The van der Waals surface area contributed by atoms with Crippen molar-refractivity contribution >= 4 is 28.8 Å². The summed E-state index contributed by atoms with van der Waals surface area (Å²) < 4.78 is 0. The molecule has 0 saturated heterocycles. The fourth-order valence-electron chi connectivity index (χ4n) is 2.37. The molecule has 4 heteroatoms. The molecule has 1 aromatic heterocycles. The van der Waals surface area contributed by atoms with E-state index in [1.54, 1.807) is 4.90 Å². The molecule has 0 spiro atoms. The number of amides is 1. The maximum Gasteiger partial charge on any atom is 0.263 e. The number of carbonyl (C=O) groups excluding carboxylic acids is 1.